The van der Waals surface area contributed by atoms with Crippen molar-refractivity contribution in [1.82, 2.24) is 15.1 Å². The fourth-order valence-electron chi connectivity index (χ4n) is 1.13. The van der Waals surface area contributed by atoms with E-state index in [-0.39, 0.29) is 0 Å². The largest absolute Gasteiger partial charge is 0.486 e. The van der Waals surface area contributed by atoms with Gasteiger partial charge < -0.3 is 10.1 Å². The molecule has 0 bridgehead atoms. The highest BCUT2D eigenvalue weighted by Gasteiger charge is 1.99. The van der Waals surface area contributed by atoms with E-state index in [0.717, 1.165) is 31.0 Å². The molecule has 0 aliphatic rings. The second-order valence-electron chi connectivity index (χ2n) is 3.35. The second kappa shape index (κ2) is 6.24. The molecule has 4 nitrogen and oxygen atoms in total. The molecule has 0 aliphatic carbocycles. The fraction of sp³-hybridized carbons (Fsp3) is 0.545. The van der Waals surface area contributed by atoms with Crippen molar-refractivity contribution in [2.45, 2.75) is 20.4 Å². The molecule has 1 aromatic heterocycles. The van der Waals surface area contributed by atoms with Gasteiger partial charge in [-0.1, -0.05) is 13.5 Å². The van der Waals surface area contributed by atoms with Crippen LogP contribution < -0.4 is 10.1 Å². The Morgan fingerprint density at radius 1 is 1.60 bits per heavy atom. The van der Waals surface area contributed by atoms with Crippen molar-refractivity contribution >= 4 is 0 Å². The Kier molecular flexibility index (Phi) is 4.90. The van der Waals surface area contributed by atoms with Gasteiger partial charge in [-0.15, -0.1) is 0 Å². The van der Waals surface area contributed by atoms with Gasteiger partial charge in [-0.2, -0.15) is 5.10 Å². The topological polar surface area (TPSA) is 39.1 Å². The van der Waals surface area contributed by atoms with Crippen LogP contribution in [0.25, 0.3) is 0 Å². The highest BCUT2D eigenvalue weighted by Crippen LogP contribution is 2.08. The van der Waals surface area contributed by atoms with Crippen LogP contribution in [0.2, 0.25) is 0 Å². The Balaban J connectivity index is 2.27. The molecule has 0 aliphatic heterocycles. The van der Waals surface area contributed by atoms with E-state index >= 15 is 0 Å². The van der Waals surface area contributed by atoms with Crippen LogP contribution in [0.5, 0.6) is 5.75 Å². The number of hydrogen-bond donors (Lipinski definition) is 1. The van der Waals surface area contributed by atoms with Crippen molar-refractivity contribution in [2.75, 3.05) is 19.7 Å². The number of ether oxygens (including phenoxy) is 1. The maximum absolute atomic E-state index is 5.52. The predicted octanol–water partition coefficient (Wildman–Crippen LogP) is 1.45. The molecule has 84 valence electrons. The molecule has 0 amide bonds. The third kappa shape index (κ3) is 4.16. The molecule has 1 aromatic rings. The summed E-state index contributed by atoms with van der Waals surface area (Å²) in [4.78, 5) is 0. The smallest absolute Gasteiger partial charge is 0.157 e. The van der Waals surface area contributed by atoms with E-state index in [0.29, 0.717) is 6.61 Å². The summed E-state index contributed by atoms with van der Waals surface area (Å²) in [5, 5.41) is 7.32. The van der Waals surface area contributed by atoms with E-state index < -0.39 is 0 Å². The van der Waals surface area contributed by atoms with E-state index in [1.165, 1.54) is 0 Å². The van der Waals surface area contributed by atoms with E-state index in [4.69, 9.17) is 4.74 Å². The molecule has 0 fully saturated rings. The minimum Gasteiger partial charge on any atom is -0.486 e. The maximum Gasteiger partial charge on any atom is 0.157 e. The maximum atomic E-state index is 5.52. The Bertz CT molecular complexity index is 307. The van der Waals surface area contributed by atoms with Crippen LogP contribution in [0.15, 0.2) is 24.5 Å². The van der Waals surface area contributed by atoms with Crippen LogP contribution in [0, 0.1) is 0 Å². The number of likely N-dealkylation sites (N-methyl/N-ethyl adjacent to an activating group) is 1. The minimum atomic E-state index is 0.544. The SMILES string of the molecule is C=C(CNCC)COc1cnn(CC)c1. The first-order chi connectivity index (χ1) is 7.26. The van der Waals surface area contributed by atoms with E-state index in [1.807, 2.05) is 17.8 Å². The lowest BCUT2D eigenvalue weighted by molar-refractivity contribution is 0.348. The fourth-order valence-corrected chi connectivity index (χ4v) is 1.13. The summed E-state index contributed by atoms with van der Waals surface area (Å²) >= 11 is 0. The van der Waals surface area contributed by atoms with Crippen LogP contribution in [0.4, 0.5) is 0 Å². The monoisotopic (exact) mass is 209 g/mol. The summed E-state index contributed by atoms with van der Waals surface area (Å²) in [6.45, 7) is 11.2. The number of nitrogens with zero attached hydrogens (tertiary/aromatic N) is 2. The van der Waals surface area contributed by atoms with Gasteiger partial charge in [-0.3, -0.25) is 4.68 Å². The zero-order chi connectivity index (χ0) is 11.1. The van der Waals surface area contributed by atoms with Crippen molar-refractivity contribution in [3.8, 4) is 5.75 Å². The number of hydrogen-bond acceptors (Lipinski definition) is 3. The van der Waals surface area contributed by atoms with Crippen molar-refractivity contribution in [3.05, 3.63) is 24.5 Å². The normalized spacial score (nSPS) is 10.3. The molecule has 0 radical (unpaired) electrons. The highest BCUT2D eigenvalue weighted by atomic mass is 16.5. The van der Waals surface area contributed by atoms with Gasteiger partial charge in [0.15, 0.2) is 5.75 Å². The van der Waals surface area contributed by atoms with Gasteiger partial charge in [0.2, 0.25) is 0 Å². The average molecular weight is 209 g/mol. The lowest BCUT2D eigenvalue weighted by Crippen LogP contribution is -2.18. The number of aromatic nitrogens is 2. The van der Waals surface area contributed by atoms with Gasteiger partial charge in [0, 0.05) is 13.1 Å². The zero-order valence-electron chi connectivity index (χ0n) is 9.49. The van der Waals surface area contributed by atoms with Crippen molar-refractivity contribution in [1.29, 1.82) is 0 Å². The van der Waals surface area contributed by atoms with E-state index in [9.17, 15) is 0 Å². The van der Waals surface area contributed by atoms with Crippen molar-refractivity contribution in [2.24, 2.45) is 0 Å². The van der Waals surface area contributed by atoms with Crippen LogP contribution in [0.1, 0.15) is 13.8 Å². The van der Waals surface area contributed by atoms with Crippen LogP contribution >= 0.6 is 0 Å². The molecule has 1 rings (SSSR count). The third-order valence-electron chi connectivity index (χ3n) is 2.00. The molecule has 0 saturated carbocycles. The molecular formula is C11H19N3O. The zero-order valence-corrected chi connectivity index (χ0v) is 9.49. The molecule has 0 atom stereocenters. The Labute approximate surface area is 90.9 Å². The summed E-state index contributed by atoms with van der Waals surface area (Å²) in [6.07, 6.45) is 3.62. The minimum absolute atomic E-state index is 0.544. The van der Waals surface area contributed by atoms with Crippen LogP contribution in [-0.2, 0) is 6.54 Å². The quantitative estimate of drug-likeness (QED) is 0.691. The average Bonchev–Trinajstić information content (AvgIpc) is 2.71. The van der Waals surface area contributed by atoms with Gasteiger partial charge in [0.1, 0.15) is 6.61 Å². The molecule has 1 N–H and O–H groups in total. The van der Waals surface area contributed by atoms with Crippen molar-refractivity contribution in [3.63, 3.8) is 0 Å². The Morgan fingerprint density at radius 2 is 2.40 bits per heavy atom. The molecule has 15 heavy (non-hydrogen) atoms. The van der Waals surface area contributed by atoms with Crippen molar-refractivity contribution < 1.29 is 4.74 Å². The van der Waals surface area contributed by atoms with Gasteiger partial charge in [0.25, 0.3) is 0 Å². The Hall–Kier alpha value is -1.29. The summed E-state index contributed by atoms with van der Waals surface area (Å²) in [5.74, 6) is 0.800. The number of aryl methyl sites for hydroxylation is 1. The predicted molar refractivity (Wildman–Crippen MR) is 61.1 cm³/mol. The number of rotatable bonds is 7. The lowest BCUT2D eigenvalue weighted by atomic mass is 10.3. The highest BCUT2D eigenvalue weighted by molar-refractivity contribution is 5.13. The summed E-state index contributed by atoms with van der Waals surface area (Å²) < 4.78 is 7.36. The molecule has 0 aromatic carbocycles. The first kappa shape index (κ1) is 11.8. The Morgan fingerprint density at radius 3 is 3.00 bits per heavy atom. The van der Waals surface area contributed by atoms with Gasteiger partial charge in [-0.25, -0.2) is 0 Å². The standard InChI is InChI=1S/C11H19N3O/c1-4-12-6-10(3)9-15-11-7-13-14(5-2)8-11/h7-8,12H,3-6,9H2,1-2H3. The first-order valence-electron chi connectivity index (χ1n) is 5.28. The summed E-state index contributed by atoms with van der Waals surface area (Å²) in [5.41, 5.74) is 1.04. The van der Waals surface area contributed by atoms with Gasteiger partial charge >= 0.3 is 0 Å². The van der Waals surface area contributed by atoms with E-state index in [1.54, 1.807) is 6.20 Å². The lowest BCUT2D eigenvalue weighted by Gasteiger charge is -2.06. The van der Waals surface area contributed by atoms with Gasteiger partial charge in [-0.05, 0) is 19.0 Å². The molecular weight excluding hydrogens is 190 g/mol. The van der Waals surface area contributed by atoms with Crippen LogP contribution in [0.3, 0.4) is 0 Å². The second-order valence-corrected chi connectivity index (χ2v) is 3.35. The summed E-state index contributed by atoms with van der Waals surface area (Å²) in [7, 11) is 0. The van der Waals surface area contributed by atoms with Gasteiger partial charge in [0.05, 0.1) is 12.4 Å². The summed E-state index contributed by atoms with van der Waals surface area (Å²) in [6, 6.07) is 0. The molecule has 0 spiro atoms. The molecule has 1 heterocycles. The molecule has 0 saturated heterocycles. The first-order valence-corrected chi connectivity index (χ1v) is 5.28. The molecule has 4 heteroatoms. The molecule has 0 unspecified atom stereocenters. The third-order valence-corrected chi connectivity index (χ3v) is 2.00. The van der Waals surface area contributed by atoms with Crippen LogP contribution in [-0.4, -0.2) is 29.5 Å². The van der Waals surface area contributed by atoms with E-state index in [2.05, 4.69) is 23.9 Å². The number of nitrogens with one attached hydrogen (secondary N) is 1.